The maximum absolute atomic E-state index is 11.9. The molecule has 2 aromatic heterocycles. The van der Waals surface area contributed by atoms with Crippen LogP contribution in [0.25, 0.3) is 0 Å². The molecule has 0 aliphatic rings. The lowest BCUT2D eigenvalue weighted by molar-refractivity contribution is 0.0701. The number of nitrogens with one attached hydrogen (secondary N) is 1. The molecule has 2 heterocycles. The summed E-state index contributed by atoms with van der Waals surface area (Å²) in [6.45, 7) is 3.65. The molecule has 7 heteroatoms. The van der Waals surface area contributed by atoms with Crippen molar-refractivity contribution in [2.45, 2.75) is 20.4 Å². The fourth-order valence-corrected chi connectivity index (χ4v) is 2.51. The first-order chi connectivity index (χ1) is 9.47. The van der Waals surface area contributed by atoms with E-state index in [0.717, 1.165) is 17.0 Å². The van der Waals surface area contributed by atoms with Crippen LogP contribution in [-0.2, 0) is 6.54 Å². The number of carbonyl (C=O) groups excluding carboxylic acids is 1. The molecule has 0 unspecified atom stereocenters. The topological polar surface area (TPSA) is 92.2 Å². The standard InChI is InChI=1S/C13H13N3O3S/c1-7-5-9(3-4-14-7)12(17)15-6-10-16-8(2)11(20-10)13(18)19/h3-5H,6H2,1-2H3,(H,15,17)(H,18,19). The highest BCUT2D eigenvalue weighted by Crippen LogP contribution is 2.17. The van der Waals surface area contributed by atoms with Crippen molar-refractivity contribution in [3.05, 3.63) is 45.2 Å². The summed E-state index contributed by atoms with van der Waals surface area (Å²) >= 11 is 1.07. The molecule has 20 heavy (non-hydrogen) atoms. The first-order valence-corrected chi connectivity index (χ1v) is 6.69. The monoisotopic (exact) mass is 291 g/mol. The number of nitrogens with zero attached hydrogens (tertiary/aromatic N) is 2. The maximum Gasteiger partial charge on any atom is 0.347 e. The SMILES string of the molecule is Cc1cc(C(=O)NCc2nc(C)c(C(=O)O)s2)ccn1. The summed E-state index contributed by atoms with van der Waals surface area (Å²) in [6.07, 6.45) is 1.57. The number of hydrogen-bond donors (Lipinski definition) is 2. The summed E-state index contributed by atoms with van der Waals surface area (Å²) in [4.78, 5) is 31.2. The van der Waals surface area contributed by atoms with Crippen LogP contribution >= 0.6 is 11.3 Å². The zero-order valence-electron chi connectivity index (χ0n) is 11.0. The maximum atomic E-state index is 11.9. The lowest BCUT2D eigenvalue weighted by atomic mass is 10.2. The summed E-state index contributed by atoms with van der Waals surface area (Å²) in [5.74, 6) is -1.23. The van der Waals surface area contributed by atoms with Gasteiger partial charge in [0.05, 0.1) is 12.2 Å². The van der Waals surface area contributed by atoms with E-state index >= 15 is 0 Å². The third-order valence-electron chi connectivity index (χ3n) is 2.59. The molecule has 0 bridgehead atoms. The lowest BCUT2D eigenvalue weighted by Gasteiger charge is -2.03. The zero-order chi connectivity index (χ0) is 14.7. The van der Waals surface area contributed by atoms with Gasteiger partial charge in [0, 0.05) is 17.5 Å². The van der Waals surface area contributed by atoms with Crippen molar-refractivity contribution in [1.82, 2.24) is 15.3 Å². The van der Waals surface area contributed by atoms with E-state index in [-0.39, 0.29) is 17.3 Å². The van der Waals surface area contributed by atoms with Crippen LogP contribution in [0.15, 0.2) is 18.3 Å². The Morgan fingerprint density at radius 3 is 2.75 bits per heavy atom. The first kappa shape index (κ1) is 14.1. The number of aromatic nitrogens is 2. The normalized spacial score (nSPS) is 10.3. The summed E-state index contributed by atoms with van der Waals surface area (Å²) in [6, 6.07) is 3.31. The molecular weight excluding hydrogens is 278 g/mol. The molecule has 0 saturated heterocycles. The van der Waals surface area contributed by atoms with Crippen LogP contribution in [0.1, 0.15) is 36.4 Å². The van der Waals surface area contributed by atoms with Gasteiger partial charge in [-0.05, 0) is 26.0 Å². The Kier molecular flexibility index (Phi) is 4.09. The van der Waals surface area contributed by atoms with Gasteiger partial charge in [-0.15, -0.1) is 11.3 Å². The molecule has 1 amide bonds. The van der Waals surface area contributed by atoms with E-state index in [0.29, 0.717) is 16.3 Å². The Morgan fingerprint density at radius 2 is 2.15 bits per heavy atom. The molecule has 0 saturated carbocycles. The predicted octanol–water partition coefficient (Wildman–Crippen LogP) is 1.78. The fourth-order valence-electron chi connectivity index (χ4n) is 1.67. The Bertz CT molecular complexity index is 667. The largest absolute Gasteiger partial charge is 0.477 e. The van der Waals surface area contributed by atoms with Crippen LogP contribution in [0.5, 0.6) is 0 Å². The number of pyridine rings is 1. The number of hydrogen-bond acceptors (Lipinski definition) is 5. The summed E-state index contributed by atoms with van der Waals surface area (Å²) < 4.78 is 0. The second-order valence-electron chi connectivity index (χ2n) is 4.20. The Morgan fingerprint density at radius 1 is 1.40 bits per heavy atom. The minimum atomic E-state index is -0.998. The number of carboxylic acid groups (broad SMARTS) is 1. The third-order valence-corrected chi connectivity index (χ3v) is 3.74. The quantitative estimate of drug-likeness (QED) is 0.895. The van der Waals surface area contributed by atoms with Crippen molar-refractivity contribution < 1.29 is 14.7 Å². The molecule has 0 atom stereocenters. The Balaban J connectivity index is 2.04. The first-order valence-electron chi connectivity index (χ1n) is 5.88. The van der Waals surface area contributed by atoms with Crippen LogP contribution in [-0.4, -0.2) is 27.0 Å². The second kappa shape index (κ2) is 5.79. The Labute approximate surface area is 119 Å². The van der Waals surface area contributed by atoms with Gasteiger partial charge in [0.25, 0.3) is 5.91 Å². The van der Waals surface area contributed by atoms with Crippen LogP contribution in [0.2, 0.25) is 0 Å². The molecule has 104 valence electrons. The van der Waals surface area contributed by atoms with Crippen LogP contribution < -0.4 is 5.32 Å². The van der Waals surface area contributed by atoms with Crippen LogP contribution in [0, 0.1) is 13.8 Å². The molecule has 2 aromatic rings. The number of aryl methyl sites for hydroxylation is 2. The van der Waals surface area contributed by atoms with Crippen molar-refractivity contribution >= 4 is 23.2 Å². The highest BCUT2D eigenvalue weighted by Gasteiger charge is 2.14. The van der Waals surface area contributed by atoms with Gasteiger partial charge in [0.1, 0.15) is 9.88 Å². The van der Waals surface area contributed by atoms with Crippen LogP contribution in [0.3, 0.4) is 0 Å². The van der Waals surface area contributed by atoms with Gasteiger partial charge in [-0.25, -0.2) is 9.78 Å². The second-order valence-corrected chi connectivity index (χ2v) is 5.28. The lowest BCUT2D eigenvalue weighted by Crippen LogP contribution is -2.22. The minimum absolute atomic E-state index is 0.203. The number of thiazole rings is 1. The van der Waals surface area contributed by atoms with E-state index in [9.17, 15) is 9.59 Å². The van der Waals surface area contributed by atoms with E-state index in [1.165, 1.54) is 0 Å². The number of amides is 1. The number of carboxylic acids is 1. The molecule has 0 fully saturated rings. The summed E-state index contributed by atoms with van der Waals surface area (Å²) in [7, 11) is 0. The fraction of sp³-hybridized carbons (Fsp3) is 0.231. The molecule has 0 aliphatic heterocycles. The van der Waals surface area contributed by atoms with Crippen molar-refractivity contribution in [3.8, 4) is 0 Å². The van der Waals surface area contributed by atoms with Gasteiger partial charge in [0.2, 0.25) is 0 Å². The van der Waals surface area contributed by atoms with Gasteiger partial charge in [-0.2, -0.15) is 0 Å². The van der Waals surface area contributed by atoms with Gasteiger partial charge >= 0.3 is 5.97 Å². The molecule has 0 aromatic carbocycles. The van der Waals surface area contributed by atoms with Gasteiger partial charge in [-0.1, -0.05) is 0 Å². The summed E-state index contributed by atoms with van der Waals surface area (Å²) in [5, 5.41) is 12.2. The number of aromatic carboxylic acids is 1. The Hall–Kier alpha value is -2.28. The van der Waals surface area contributed by atoms with Crippen molar-refractivity contribution in [2.24, 2.45) is 0 Å². The summed E-state index contributed by atoms with van der Waals surface area (Å²) in [5.41, 5.74) is 1.74. The highest BCUT2D eigenvalue weighted by molar-refractivity contribution is 7.13. The van der Waals surface area contributed by atoms with Crippen molar-refractivity contribution in [1.29, 1.82) is 0 Å². The molecule has 0 spiro atoms. The number of carbonyl (C=O) groups is 2. The van der Waals surface area contributed by atoms with Crippen molar-refractivity contribution in [3.63, 3.8) is 0 Å². The molecule has 0 aliphatic carbocycles. The van der Waals surface area contributed by atoms with Crippen LogP contribution in [0.4, 0.5) is 0 Å². The molecule has 0 radical (unpaired) electrons. The average molecular weight is 291 g/mol. The molecule has 2 N–H and O–H groups in total. The van der Waals surface area contributed by atoms with Crippen molar-refractivity contribution in [2.75, 3.05) is 0 Å². The minimum Gasteiger partial charge on any atom is -0.477 e. The number of rotatable bonds is 4. The van der Waals surface area contributed by atoms with E-state index < -0.39 is 5.97 Å². The average Bonchev–Trinajstić information content (AvgIpc) is 2.77. The predicted molar refractivity (Wildman–Crippen MR) is 74.0 cm³/mol. The van der Waals surface area contributed by atoms with E-state index in [1.807, 2.05) is 0 Å². The molecule has 6 nitrogen and oxygen atoms in total. The van der Waals surface area contributed by atoms with Gasteiger partial charge < -0.3 is 10.4 Å². The smallest absolute Gasteiger partial charge is 0.347 e. The molecular formula is C13H13N3O3S. The van der Waals surface area contributed by atoms with E-state index in [1.54, 1.807) is 32.2 Å². The van der Waals surface area contributed by atoms with Gasteiger partial charge in [-0.3, -0.25) is 9.78 Å². The van der Waals surface area contributed by atoms with E-state index in [2.05, 4.69) is 15.3 Å². The zero-order valence-corrected chi connectivity index (χ0v) is 11.8. The van der Waals surface area contributed by atoms with E-state index in [4.69, 9.17) is 5.11 Å². The molecule has 2 rings (SSSR count). The highest BCUT2D eigenvalue weighted by atomic mass is 32.1. The third kappa shape index (κ3) is 3.18. The van der Waals surface area contributed by atoms with Gasteiger partial charge in [0.15, 0.2) is 0 Å².